The van der Waals surface area contributed by atoms with E-state index >= 15 is 0 Å². The number of rotatable bonds is 3. The molecule has 2 aliphatic rings. The predicted octanol–water partition coefficient (Wildman–Crippen LogP) is 1.50. The Morgan fingerprint density at radius 2 is 1.96 bits per heavy atom. The number of alkyl halides is 3. The topological polar surface area (TPSA) is 99.9 Å². The van der Waals surface area contributed by atoms with Gasteiger partial charge in [-0.3, -0.25) is 9.59 Å². The first kappa shape index (κ1) is 18.6. The molecule has 26 heavy (non-hydrogen) atoms. The molecular weight excluding hydrogens is 361 g/mol. The Bertz CT molecular complexity index is 716. The first-order chi connectivity index (χ1) is 12.0. The van der Waals surface area contributed by atoms with Gasteiger partial charge in [-0.05, 0) is 20.3 Å². The molecule has 11 heteroatoms. The smallest absolute Gasteiger partial charge is 0.436 e. The molecule has 2 fully saturated rings. The fraction of sp³-hybridized carbons (Fsp3) is 0.667. The largest absolute Gasteiger partial charge is 0.469 e. The van der Waals surface area contributed by atoms with Crippen molar-refractivity contribution < 1.29 is 41.5 Å². The summed E-state index contributed by atoms with van der Waals surface area (Å²) in [6, 6.07) is -0.159. The average molecular weight is 378 g/mol. The third-order valence-electron chi connectivity index (χ3n) is 4.31. The first-order valence-corrected chi connectivity index (χ1v) is 7.80. The lowest BCUT2D eigenvalue weighted by atomic mass is 10.1. The molecule has 3 rings (SSSR count). The van der Waals surface area contributed by atoms with Gasteiger partial charge in [-0.25, -0.2) is 0 Å². The van der Waals surface area contributed by atoms with Crippen molar-refractivity contribution in [3.63, 3.8) is 0 Å². The van der Waals surface area contributed by atoms with Gasteiger partial charge < -0.3 is 24.1 Å². The zero-order valence-electron chi connectivity index (χ0n) is 14.1. The Labute approximate surface area is 145 Å². The summed E-state index contributed by atoms with van der Waals surface area (Å²) in [4.78, 5) is 24.2. The number of nitrogens with one attached hydrogen (secondary N) is 1. The zero-order chi connectivity index (χ0) is 19.3. The van der Waals surface area contributed by atoms with Crippen molar-refractivity contribution in [3.05, 3.63) is 17.5 Å². The molecule has 2 heterocycles. The van der Waals surface area contributed by atoms with E-state index in [1.54, 1.807) is 13.8 Å². The Morgan fingerprint density at radius 1 is 1.31 bits per heavy atom. The fourth-order valence-electron chi connectivity index (χ4n) is 3.26. The zero-order valence-corrected chi connectivity index (χ0v) is 14.1. The van der Waals surface area contributed by atoms with Crippen molar-refractivity contribution in [2.75, 3.05) is 7.11 Å². The van der Waals surface area contributed by atoms with Gasteiger partial charge in [0.15, 0.2) is 11.5 Å². The van der Waals surface area contributed by atoms with Crippen molar-refractivity contribution in [1.82, 2.24) is 10.5 Å². The lowest BCUT2D eigenvalue weighted by Gasteiger charge is -2.23. The molecule has 1 saturated carbocycles. The van der Waals surface area contributed by atoms with Gasteiger partial charge in [-0.15, -0.1) is 0 Å². The molecule has 1 saturated heterocycles. The number of carbonyl (C=O) groups is 2. The van der Waals surface area contributed by atoms with Crippen LogP contribution in [0.5, 0.6) is 0 Å². The quantitative estimate of drug-likeness (QED) is 0.796. The normalized spacial score (nSPS) is 30.1. The second kappa shape index (κ2) is 6.23. The van der Waals surface area contributed by atoms with E-state index in [-0.39, 0.29) is 6.42 Å². The third-order valence-corrected chi connectivity index (χ3v) is 4.31. The van der Waals surface area contributed by atoms with E-state index in [9.17, 15) is 22.8 Å². The van der Waals surface area contributed by atoms with Crippen LogP contribution < -0.4 is 5.32 Å². The van der Waals surface area contributed by atoms with E-state index in [2.05, 4.69) is 15.0 Å². The second-order valence-electron chi connectivity index (χ2n) is 6.58. The molecule has 0 aromatic carbocycles. The number of halogens is 3. The molecule has 8 nitrogen and oxygen atoms in total. The Morgan fingerprint density at radius 3 is 2.54 bits per heavy atom. The number of amides is 1. The molecular formula is C15H17F3N2O6. The highest BCUT2D eigenvalue weighted by Gasteiger charge is 2.57. The molecule has 0 bridgehead atoms. The summed E-state index contributed by atoms with van der Waals surface area (Å²) < 4.78 is 58.4. The van der Waals surface area contributed by atoms with Gasteiger partial charge in [0.2, 0.25) is 5.76 Å². The van der Waals surface area contributed by atoms with Crippen LogP contribution in [0.2, 0.25) is 0 Å². The van der Waals surface area contributed by atoms with E-state index in [4.69, 9.17) is 14.2 Å². The molecule has 0 spiro atoms. The summed E-state index contributed by atoms with van der Waals surface area (Å²) in [5.41, 5.74) is -1.30. The minimum Gasteiger partial charge on any atom is -0.469 e. The number of nitrogens with zero attached hydrogens (tertiary/aromatic N) is 1. The van der Waals surface area contributed by atoms with Gasteiger partial charge in [-0.2, -0.15) is 13.2 Å². The fourth-order valence-corrected chi connectivity index (χ4v) is 3.26. The number of carbonyl (C=O) groups excluding carboxylic acids is 2. The van der Waals surface area contributed by atoms with Crippen LogP contribution in [0.1, 0.15) is 36.5 Å². The maximum Gasteiger partial charge on any atom is 0.436 e. The first-order valence-electron chi connectivity index (χ1n) is 7.80. The molecule has 1 aliphatic heterocycles. The molecule has 1 aliphatic carbocycles. The third kappa shape index (κ3) is 3.40. The van der Waals surface area contributed by atoms with Crippen LogP contribution in [-0.2, 0) is 25.2 Å². The van der Waals surface area contributed by atoms with Crippen molar-refractivity contribution in [1.29, 1.82) is 0 Å². The van der Waals surface area contributed by atoms with Crippen LogP contribution in [0.15, 0.2) is 10.6 Å². The van der Waals surface area contributed by atoms with Crippen molar-refractivity contribution >= 4 is 11.9 Å². The lowest BCUT2D eigenvalue weighted by molar-refractivity contribution is -0.168. The van der Waals surface area contributed by atoms with Crippen LogP contribution in [0.25, 0.3) is 0 Å². The number of esters is 1. The molecule has 0 radical (unpaired) electrons. The summed E-state index contributed by atoms with van der Waals surface area (Å²) in [6.07, 6.45) is -5.85. The van der Waals surface area contributed by atoms with Gasteiger partial charge in [0.25, 0.3) is 5.91 Å². The number of methoxy groups -OCH3 is 1. The standard InChI is InChI=1S/C15H17F3N2O6/c1-14(2)24-10-6(13(22)23-3)4-7(11(10)25-14)19-12(21)8-5-9(20-26-8)15(16,17)18/h5-7,10-11H,4H2,1-3H3,(H,19,21)/t6-,7+,10+,11-/m1/s1. The number of fused-ring (bicyclic) bond motifs is 1. The van der Waals surface area contributed by atoms with Crippen molar-refractivity contribution in [2.45, 2.75) is 50.5 Å². The summed E-state index contributed by atoms with van der Waals surface area (Å²) in [6.45, 7) is 3.31. The summed E-state index contributed by atoms with van der Waals surface area (Å²) in [5.74, 6) is -3.64. The number of hydrogen-bond acceptors (Lipinski definition) is 7. The van der Waals surface area contributed by atoms with Crippen LogP contribution >= 0.6 is 0 Å². The molecule has 0 unspecified atom stereocenters. The molecule has 4 atom stereocenters. The van der Waals surface area contributed by atoms with E-state index in [0.29, 0.717) is 6.07 Å². The van der Waals surface area contributed by atoms with Crippen LogP contribution in [0.4, 0.5) is 13.2 Å². The Balaban J connectivity index is 1.75. The number of ether oxygens (including phenoxy) is 3. The summed E-state index contributed by atoms with van der Waals surface area (Å²) >= 11 is 0. The highest BCUT2D eigenvalue weighted by molar-refractivity contribution is 5.91. The molecule has 1 N–H and O–H groups in total. The van der Waals surface area contributed by atoms with E-state index in [0.717, 1.165) is 0 Å². The Hall–Kier alpha value is -2.14. The van der Waals surface area contributed by atoms with Gasteiger partial charge in [-0.1, -0.05) is 5.16 Å². The van der Waals surface area contributed by atoms with Crippen LogP contribution in [0, 0.1) is 5.92 Å². The maximum atomic E-state index is 12.6. The summed E-state index contributed by atoms with van der Waals surface area (Å²) in [7, 11) is 1.23. The van der Waals surface area contributed by atoms with Gasteiger partial charge in [0.05, 0.1) is 19.1 Å². The SMILES string of the molecule is COC(=O)[C@@H]1C[C@H](NC(=O)c2cc(C(F)(F)F)no2)[C@H]2OC(C)(C)O[C@H]21. The van der Waals surface area contributed by atoms with Gasteiger partial charge >= 0.3 is 12.1 Å². The van der Waals surface area contributed by atoms with Gasteiger partial charge in [0.1, 0.15) is 12.2 Å². The van der Waals surface area contributed by atoms with Crippen LogP contribution in [0.3, 0.4) is 0 Å². The van der Waals surface area contributed by atoms with Crippen molar-refractivity contribution in [3.8, 4) is 0 Å². The molecule has 1 aromatic heterocycles. The highest BCUT2D eigenvalue weighted by atomic mass is 19.4. The minimum atomic E-state index is -4.72. The van der Waals surface area contributed by atoms with Crippen molar-refractivity contribution in [2.24, 2.45) is 5.92 Å². The monoisotopic (exact) mass is 378 g/mol. The average Bonchev–Trinajstić information content (AvgIpc) is 3.20. The maximum absolute atomic E-state index is 12.6. The molecule has 1 amide bonds. The molecule has 144 valence electrons. The highest BCUT2D eigenvalue weighted by Crippen LogP contribution is 2.42. The van der Waals surface area contributed by atoms with E-state index < -0.39 is 59.5 Å². The predicted molar refractivity (Wildman–Crippen MR) is 76.7 cm³/mol. The second-order valence-corrected chi connectivity index (χ2v) is 6.58. The van der Waals surface area contributed by atoms with E-state index in [1.165, 1.54) is 7.11 Å². The Kier molecular flexibility index (Phi) is 4.47. The number of aromatic nitrogens is 1. The molecule has 1 aromatic rings. The minimum absolute atomic E-state index is 0.157. The van der Waals surface area contributed by atoms with E-state index in [1.807, 2.05) is 0 Å². The lowest BCUT2D eigenvalue weighted by Crippen LogP contribution is -2.42. The summed E-state index contributed by atoms with van der Waals surface area (Å²) in [5, 5.41) is 5.36. The van der Waals surface area contributed by atoms with Crippen LogP contribution in [-0.4, -0.2) is 48.2 Å². The number of hydrogen-bond donors (Lipinski definition) is 1. The van der Waals surface area contributed by atoms with Gasteiger partial charge in [0, 0.05) is 6.07 Å².